The van der Waals surface area contributed by atoms with Gasteiger partial charge in [0.2, 0.25) is 0 Å². The zero-order chi connectivity index (χ0) is 13.3. The van der Waals surface area contributed by atoms with Crippen molar-refractivity contribution in [3.05, 3.63) is 17.7 Å². The molecule has 0 aromatic heterocycles. The molecule has 0 heterocycles. The van der Waals surface area contributed by atoms with Gasteiger partial charge in [-0.3, -0.25) is 0 Å². The summed E-state index contributed by atoms with van der Waals surface area (Å²) in [7, 11) is 4.24. The summed E-state index contributed by atoms with van der Waals surface area (Å²) in [4.78, 5) is 0. The van der Waals surface area contributed by atoms with Crippen molar-refractivity contribution in [1.29, 1.82) is 0 Å². The maximum atomic E-state index is 14.2. The van der Waals surface area contributed by atoms with Crippen molar-refractivity contribution in [1.82, 2.24) is 0 Å². The molecule has 1 saturated carbocycles. The van der Waals surface area contributed by atoms with Gasteiger partial charge in [-0.2, -0.15) is 0 Å². The lowest BCUT2D eigenvalue weighted by atomic mass is 10.0. The number of hydrogen-bond donors (Lipinski definition) is 0. The maximum absolute atomic E-state index is 14.2. The van der Waals surface area contributed by atoms with Gasteiger partial charge in [0.05, 0.1) is 26.9 Å². The Bertz CT molecular complexity index is 442. The highest BCUT2D eigenvalue weighted by molar-refractivity contribution is 5.52. The fraction of sp³-hybridized carbons (Fsp3) is 0.538. The second-order valence-electron chi connectivity index (χ2n) is 4.30. The van der Waals surface area contributed by atoms with Gasteiger partial charge in [0.1, 0.15) is 5.75 Å². The quantitative estimate of drug-likeness (QED) is 0.811. The summed E-state index contributed by atoms with van der Waals surface area (Å²) in [6, 6.07) is 2.74. The van der Waals surface area contributed by atoms with Crippen molar-refractivity contribution in [3.8, 4) is 17.2 Å². The first-order valence-electron chi connectivity index (χ1n) is 5.72. The Labute approximate surface area is 105 Å². The number of benzene rings is 1. The van der Waals surface area contributed by atoms with E-state index in [2.05, 4.69) is 0 Å². The normalized spacial score (nSPS) is 15.4. The first-order chi connectivity index (χ1) is 8.54. The van der Waals surface area contributed by atoms with Crippen LogP contribution >= 0.6 is 0 Å². The fourth-order valence-electron chi connectivity index (χ4n) is 1.96. The SMILES string of the molecule is COc1cc(OC)c(C(F)(F)C2CC2)cc1OC. The third-order valence-corrected chi connectivity index (χ3v) is 3.15. The molecule has 18 heavy (non-hydrogen) atoms. The average molecular weight is 258 g/mol. The van der Waals surface area contributed by atoms with E-state index in [0.29, 0.717) is 18.6 Å². The van der Waals surface area contributed by atoms with Crippen LogP contribution in [-0.2, 0) is 5.92 Å². The highest BCUT2D eigenvalue weighted by Gasteiger charge is 2.50. The molecule has 1 aromatic carbocycles. The summed E-state index contributed by atoms with van der Waals surface area (Å²) in [6.45, 7) is 0. The molecule has 1 aromatic rings. The molecule has 0 aliphatic heterocycles. The molecule has 0 bridgehead atoms. The molecule has 1 aliphatic rings. The van der Waals surface area contributed by atoms with E-state index >= 15 is 0 Å². The Hall–Kier alpha value is -1.52. The molecule has 0 radical (unpaired) electrons. The van der Waals surface area contributed by atoms with E-state index in [-0.39, 0.29) is 17.1 Å². The van der Waals surface area contributed by atoms with Gasteiger partial charge < -0.3 is 14.2 Å². The predicted molar refractivity (Wildman–Crippen MR) is 62.7 cm³/mol. The maximum Gasteiger partial charge on any atom is 0.279 e. The minimum absolute atomic E-state index is 0.129. The van der Waals surface area contributed by atoms with Crippen molar-refractivity contribution in [2.75, 3.05) is 21.3 Å². The molecule has 100 valence electrons. The number of hydrogen-bond acceptors (Lipinski definition) is 3. The number of alkyl halides is 2. The fourth-order valence-corrected chi connectivity index (χ4v) is 1.96. The predicted octanol–water partition coefficient (Wildman–Crippen LogP) is 3.21. The van der Waals surface area contributed by atoms with Crippen LogP contribution in [0, 0.1) is 5.92 Å². The van der Waals surface area contributed by atoms with Crippen LogP contribution in [0.2, 0.25) is 0 Å². The first-order valence-corrected chi connectivity index (χ1v) is 5.72. The average Bonchev–Trinajstić information content (AvgIpc) is 3.21. The molecule has 1 aliphatic carbocycles. The van der Waals surface area contributed by atoms with E-state index in [1.807, 2.05) is 0 Å². The number of methoxy groups -OCH3 is 3. The van der Waals surface area contributed by atoms with Crippen molar-refractivity contribution in [3.63, 3.8) is 0 Å². The van der Waals surface area contributed by atoms with Crippen molar-refractivity contribution < 1.29 is 23.0 Å². The van der Waals surface area contributed by atoms with Gasteiger partial charge in [0, 0.05) is 12.0 Å². The lowest BCUT2D eigenvalue weighted by molar-refractivity contribution is -0.0306. The molecular formula is C13H16F2O3. The Morgan fingerprint density at radius 1 is 0.944 bits per heavy atom. The Kier molecular flexibility index (Phi) is 3.32. The Morgan fingerprint density at radius 3 is 1.89 bits per heavy atom. The van der Waals surface area contributed by atoms with Gasteiger partial charge in [0.15, 0.2) is 11.5 Å². The van der Waals surface area contributed by atoms with E-state index in [1.165, 1.54) is 33.5 Å². The summed E-state index contributed by atoms with van der Waals surface area (Å²) in [5.74, 6) is -2.68. The van der Waals surface area contributed by atoms with Gasteiger partial charge in [-0.25, -0.2) is 8.78 Å². The first kappa shape index (κ1) is 12.9. The van der Waals surface area contributed by atoms with Crippen LogP contribution in [0.15, 0.2) is 12.1 Å². The van der Waals surface area contributed by atoms with E-state index in [1.54, 1.807) is 0 Å². The summed E-state index contributed by atoms with van der Waals surface area (Å²) >= 11 is 0. The van der Waals surface area contributed by atoms with Crippen LogP contribution in [0.3, 0.4) is 0 Å². The minimum atomic E-state index is -2.88. The molecule has 0 N–H and O–H groups in total. The van der Waals surface area contributed by atoms with Gasteiger partial charge in [-0.1, -0.05) is 0 Å². The molecule has 0 unspecified atom stereocenters. The lowest BCUT2D eigenvalue weighted by Gasteiger charge is -2.21. The molecular weight excluding hydrogens is 242 g/mol. The highest BCUT2D eigenvalue weighted by atomic mass is 19.3. The molecule has 0 atom stereocenters. The summed E-state index contributed by atoms with van der Waals surface area (Å²) in [5, 5.41) is 0. The number of rotatable bonds is 5. The van der Waals surface area contributed by atoms with Crippen LogP contribution in [0.4, 0.5) is 8.78 Å². The minimum Gasteiger partial charge on any atom is -0.496 e. The van der Waals surface area contributed by atoms with Gasteiger partial charge in [0.25, 0.3) is 5.92 Å². The van der Waals surface area contributed by atoms with Crippen molar-refractivity contribution in [2.45, 2.75) is 18.8 Å². The second-order valence-corrected chi connectivity index (χ2v) is 4.30. The van der Waals surface area contributed by atoms with E-state index < -0.39 is 11.8 Å². The lowest BCUT2D eigenvalue weighted by Crippen LogP contribution is -2.17. The van der Waals surface area contributed by atoms with Crippen molar-refractivity contribution >= 4 is 0 Å². The monoisotopic (exact) mass is 258 g/mol. The van der Waals surface area contributed by atoms with Crippen LogP contribution in [-0.4, -0.2) is 21.3 Å². The van der Waals surface area contributed by atoms with Gasteiger partial charge >= 0.3 is 0 Å². The van der Waals surface area contributed by atoms with Crippen LogP contribution < -0.4 is 14.2 Å². The van der Waals surface area contributed by atoms with E-state index in [9.17, 15) is 8.78 Å². The summed E-state index contributed by atoms with van der Waals surface area (Å²) in [6.07, 6.45) is 1.09. The van der Waals surface area contributed by atoms with Crippen molar-refractivity contribution in [2.24, 2.45) is 5.92 Å². The zero-order valence-electron chi connectivity index (χ0n) is 10.6. The number of ether oxygens (including phenoxy) is 3. The van der Waals surface area contributed by atoms with Gasteiger partial charge in [-0.15, -0.1) is 0 Å². The molecule has 3 nitrogen and oxygen atoms in total. The van der Waals surface area contributed by atoms with Crippen LogP contribution in [0.5, 0.6) is 17.2 Å². The zero-order valence-corrected chi connectivity index (χ0v) is 10.6. The molecule has 0 saturated heterocycles. The third-order valence-electron chi connectivity index (χ3n) is 3.15. The largest absolute Gasteiger partial charge is 0.496 e. The Balaban J connectivity index is 2.51. The topological polar surface area (TPSA) is 27.7 Å². The Morgan fingerprint density at radius 2 is 1.44 bits per heavy atom. The summed E-state index contributed by atoms with van der Waals surface area (Å²) < 4.78 is 43.5. The third kappa shape index (κ3) is 2.09. The second kappa shape index (κ2) is 4.63. The molecule has 2 rings (SSSR count). The molecule has 5 heteroatoms. The van der Waals surface area contributed by atoms with Gasteiger partial charge in [-0.05, 0) is 18.9 Å². The smallest absolute Gasteiger partial charge is 0.279 e. The summed E-state index contributed by atoms with van der Waals surface area (Å²) in [5.41, 5.74) is -0.134. The standard InChI is InChI=1S/C13H16F2O3/c1-16-10-7-12(18-3)11(17-2)6-9(10)13(14,15)8-4-5-8/h6-8H,4-5H2,1-3H3. The number of halogens is 2. The molecule has 0 spiro atoms. The van der Waals surface area contributed by atoms with Crippen LogP contribution in [0.25, 0.3) is 0 Å². The van der Waals surface area contributed by atoms with E-state index in [0.717, 1.165) is 0 Å². The van der Waals surface area contributed by atoms with E-state index in [4.69, 9.17) is 14.2 Å². The molecule has 1 fully saturated rings. The van der Waals surface area contributed by atoms with Crippen LogP contribution in [0.1, 0.15) is 18.4 Å². The highest BCUT2D eigenvalue weighted by Crippen LogP contribution is 2.53. The molecule has 0 amide bonds.